The van der Waals surface area contributed by atoms with Crippen LogP contribution in [0.3, 0.4) is 0 Å². The minimum absolute atomic E-state index is 0.0754. The lowest BCUT2D eigenvalue weighted by Crippen LogP contribution is -2.51. The van der Waals surface area contributed by atoms with Gasteiger partial charge in [-0.1, -0.05) is 40.0 Å². The van der Waals surface area contributed by atoms with Crippen LogP contribution in [-0.4, -0.2) is 29.2 Å². The lowest BCUT2D eigenvalue weighted by molar-refractivity contribution is -0.140. The maximum absolute atomic E-state index is 12.0. The fraction of sp³-hybridized carbons (Fsp3) is 0.875. The zero-order valence-corrected chi connectivity index (χ0v) is 13.5. The summed E-state index contributed by atoms with van der Waals surface area (Å²) in [4.78, 5) is 23.2. The van der Waals surface area contributed by atoms with Gasteiger partial charge in [-0.3, -0.25) is 0 Å². The van der Waals surface area contributed by atoms with Crippen LogP contribution in [-0.2, 0) is 4.79 Å². The van der Waals surface area contributed by atoms with Crippen LogP contribution in [0.5, 0.6) is 0 Å². The summed E-state index contributed by atoms with van der Waals surface area (Å²) in [6.07, 6.45) is 7.53. The first kappa shape index (κ1) is 17.8. The molecule has 0 aliphatic heterocycles. The van der Waals surface area contributed by atoms with Gasteiger partial charge in [0, 0.05) is 6.04 Å². The SMILES string of the molecule is CCCC1CCC(NC(=O)N[C@H](C(=O)O)C(C)CC)CC1. The number of carbonyl (C=O) groups excluding carboxylic acids is 1. The molecule has 21 heavy (non-hydrogen) atoms. The Morgan fingerprint density at radius 1 is 1.19 bits per heavy atom. The molecule has 1 saturated carbocycles. The maximum atomic E-state index is 12.0. The number of carbonyl (C=O) groups is 2. The number of aliphatic carboxylic acids is 1. The number of urea groups is 1. The monoisotopic (exact) mass is 298 g/mol. The molecule has 0 radical (unpaired) electrons. The number of hydrogen-bond donors (Lipinski definition) is 3. The molecule has 1 unspecified atom stereocenters. The lowest BCUT2D eigenvalue weighted by Gasteiger charge is -2.29. The molecule has 0 aromatic carbocycles. The molecule has 0 saturated heterocycles. The van der Waals surface area contributed by atoms with Crippen molar-refractivity contribution in [1.82, 2.24) is 10.6 Å². The van der Waals surface area contributed by atoms with Gasteiger partial charge in [0.15, 0.2) is 0 Å². The molecule has 0 heterocycles. The summed E-state index contributed by atoms with van der Waals surface area (Å²) in [5.41, 5.74) is 0. The van der Waals surface area contributed by atoms with Gasteiger partial charge in [0.2, 0.25) is 0 Å². The van der Waals surface area contributed by atoms with Crippen molar-refractivity contribution in [2.75, 3.05) is 0 Å². The topological polar surface area (TPSA) is 78.4 Å². The smallest absolute Gasteiger partial charge is 0.326 e. The first-order valence-electron chi connectivity index (χ1n) is 8.27. The number of amides is 2. The summed E-state index contributed by atoms with van der Waals surface area (Å²) < 4.78 is 0. The van der Waals surface area contributed by atoms with Crippen molar-refractivity contribution < 1.29 is 14.7 Å². The summed E-state index contributed by atoms with van der Waals surface area (Å²) in [7, 11) is 0. The highest BCUT2D eigenvalue weighted by atomic mass is 16.4. The second kappa shape index (κ2) is 8.90. The summed E-state index contributed by atoms with van der Waals surface area (Å²) in [6.45, 7) is 5.98. The third-order valence-corrected chi connectivity index (χ3v) is 4.64. The number of carboxylic acids is 1. The van der Waals surface area contributed by atoms with Gasteiger partial charge < -0.3 is 15.7 Å². The Morgan fingerprint density at radius 3 is 2.29 bits per heavy atom. The van der Waals surface area contributed by atoms with Gasteiger partial charge in [-0.05, 0) is 37.5 Å². The molecule has 5 heteroatoms. The fourth-order valence-electron chi connectivity index (χ4n) is 3.06. The van der Waals surface area contributed by atoms with Crippen LogP contribution in [0.1, 0.15) is 65.7 Å². The van der Waals surface area contributed by atoms with E-state index in [0.29, 0.717) is 0 Å². The highest BCUT2D eigenvalue weighted by molar-refractivity contribution is 5.82. The minimum atomic E-state index is -0.967. The Kier molecular flexibility index (Phi) is 7.54. The Hall–Kier alpha value is -1.26. The Morgan fingerprint density at radius 2 is 1.81 bits per heavy atom. The predicted octanol–water partition coefficient (Wildman–Crippen LogP) is 3.14. The molecule has 0 aromatic rings. The molecule has 1 aliphatic rings. The van der Waals surface area contributed by atoms with Crippen LogP contribution in [0, 0.1) is 11.8 Å². The third-order valence-electron chi connectivity index (χ3n) is 4.64. The average Bonchev–Trinajstić information content (AvgIpc) is 2.46. The van der Waals surface area contributed by atoms with E-state index in [9.17, 15) is 14.7 Å². The highest BCUT2D eigenvalue weighted by Gasteiger charge is 2.27. The maximum Gasteiger partial charge on any atom is 0.326 e. The van der Waals surface area contributed by atoms with E-state index in [0.717, 1.165) is 38.0 Å². The molecule has 0 spiro atoms. The number of hydrogen-bond acceptors (Lipinski definition) is 2. The molecule has 1 rings (SSSR count). The Balaban J connectivity index is 2.38. The van der Waals surface area contributed by atoms with Gasteiger partial charge in [0.1, 0.15) is 6.04 Å². The van der Waals surface area contributed by atoms with Crippen LogP contribution in [0.2, 0.25) is 0 Å². The quantitative estimate of drug-likeness (QED) is 0.675. The Labute approximate surface area is 127 Å². The first-order valence-corrected chi connectivity index (χ1v) is 8.27. The zero-order valence-electron chi connectivity index (χ0n) is 13.5. The van der Waals surface area contributed by atoms with E-state index < -0.39 is 12.0 Å². The molecule has 0 aromatic heterocycles. The van der Waals surface area contributed by atoms with Crippen LogP contribution in [0.4, 0.5) is 4.79 Å². The molecular formula is C16H30N2O3. The summed E-state index contributed by atoms with van der Waals surface area (Å²) >= 11 is 0. The molecule has 122 valence electrons. The van der Waals surface area contributed by atoms with Gasteiger partial charge >= 0.3 is 12.0 Å². The van der Waals surface area contributed by atoms with Crippen molar-refractivity contribution in [2.24, 2.45) is 11.8 Å². The molecule has 1 fully saturated rings. The lowest BCUT2D eigenvalue weighted by atomic mass is 9.83. The van der Waals surface area contributed by atoms with Gasteiger partial charge in [-0.25, -0.2) is 9.59 Å². The van der Waals surface area contributed by atoms with Gasteiger partial charge in [0.25, 0.3) is 0 Å². The summed E-state index contributed by atoms with van der Waals surface area (Å²) in [5, 5.41) is 14.7. The first-order chi connectivity index (χ1) is 9.97. The summed E-state index contributed by atoms with van der Waals surface area (Å²) in [6, 6.07) is -0.974. The van der Waals surface area contributed by atoms with Crippen molar-refractivity contribution >= 4 is 12.0 Å². The van der Waals surface area contributed by atoms with Crippen LogP contribution >= 0.6 is 0 Å². The second-order valence-electron chi connectivity index (χ2n) is 6.33. The third kappa shape index (κ3) is 5.94. The standard InChI is InChI=1S/C16H30N2O3/c1-4-6-12-7-9-13(10-8-12)17-16(21)18-14(15(19)20)11(3)5-2/h11-14H,4-10H2,1-3H3,(H,19,20)(H2,17,18,21)/t11?,12?,13?,14-/m0/s1. The fourth-order valence-corrected chi connectivity index (χ4v) is 3.06. The van der Waals surface area contributed by atoms with Crippen molar-refractivity contribution in [2.45, 2.75) is 77.8 Å². The van der Waals surface area contributed by atoms with Crippen LogP contribution < -0.4 is 10.6 Å². The van der Waals surface area contributed by atoms with E-state index >= 15 is 0 Å². The van der Waals surface area contributed by atoms with Gasteiger partial charge in [-0.15, -0.1) is 0 Å². The number of carboxylic acid groups (broad SMARTS) is 1. The van der Waals surface area contributed by atoms with Crippen molar-refractivity contribution in [3.8, 4) is 0 Å². The molecular weight excluding hydrogens is 268 g/mol. The second-order valence-corrected chi connectivity index (χ2v) is 6.33. The zero-order chi connectivity index (χ0) is 15.8. The van der Waals surface area contributed by atoms with Gasteiger partial charge in [0.05, 0.1) is 0 Å². The molecule has 5 nitrogen and oxygen atoms in total. The normalized spacial score (nSPS) is 24.9. The van der Waals surface area contributed by atoms with E-state index in [1.165, 1.54) is 12.8 Å². The number of nitrogens with one attached hydrogen (secondary N) is 2. The molecule has 0 bridgehead atoms. The molecule has 3 N–H and O–H groups in total. The van der Waals surface area contributed by atoms with Crippen LogP contribution in [0.25, 0.3) is 0 Å². The molecule has 2 atom stereocenters. The predicted molar refractivity (Wildman–Crippen MR) is 83.2 cm³/mol. The van der Waals surface area contributed by atoms with Crippen LogP contribution in [0.15, 0.2) is 0 Å². The highest BCUT2D eigenvalue weighted by Crippen LogP contribution is 2.27. The Bertz CT molecular complexity index is 338. The largest absolute Gasteiger partial charge is 0.480 e. The number of rotatable bonds is 7. The van der Waals surface area contributed by atoms with Crippen molar-refractivity contribution in [3.05, 3.63) is 0 Å². The minimum Gasteiger partial charge on any atom is -0.480 e. The van der Waals surface area contributed by atoms with E-state index in [1.54, 1.807) is 0 Å². The van der Waals surface area contributed by atoms with Crippen molar-refractivity contribution in [3.63, 3.8) is 0 Å². The van der Waals surface area contributed by atoms with Crippen molar-refractivity contribution in [1.29, 1.82) is 0 Å². The summed E-state index contributed by atoms with van der Waals surface area (Å²) in [5.74, 6) is -0.248. The van der Waals surface area contributed by atoms with Gasteiger partial charge in [-0.2, -0.15) is 0 Å². The average molecular weight is 298 g/mol. The van der Waals surface area contributed by atoms with E-state index in [1.807, 2.05) is 13.8 Å². The molecule has 1 aliphatic carbocycles. The van der Waals surface area contributed by atoms with E-state index in [-0.39, 0.29) is 18.0 Å². The molecule has 2 amide bonds. The van der Waals surface area contributed by atoms with E-state index in [2.05, 4.69) is 17.6 Å². The van der Waals surface area contributed by atoms with E-state index in [4.69, 9.17) is 0 Å².